The maximum Gasteiger partial charge on any atom is 0.129 e. The molecular formula is C18H19N3O. The molecule has 22 heavy (non-hydrogen) atoms. The fraction of sp³-hybridized carbons (Fsp3) is 0.278. The van der Waals surface area contributed by atoms with Crippen molar-refractivity contribution in [1.29, 1.82) is 0 Å². The van der Waals surface area contributed by atoms with Crippen molar-refractivity contribution in [3.63, 3.8) is 0 Å². The van der Waals surface area contributed by atoms with E-state index in [0.29, 0.717) is 6.10 Å². The molecule has 112 valence electrons. The lowest BCUT2D eigenvalue weighted by molar-refractivity contribution is 0.173. The van der Waals surface area contributed by atoms with Gasteiger partial charge in [-0.1, -0.05) is 6.07 Å². The molecule has 3 heterocycles. The van der Waals surface area contributed by atoms with Crippen LogP contribution in [0.1, 0.15) is 12.8 Å². The van der Waals surface area contributed by atoms with Crippen molar-refractivity contribution >= 4 is 16.6 Å². The summed E-state index contributed by atoms with van der Waals surface area (Å²) >= 11 is 0. The second-order valence-electron chi connectivity index (χ2n) is 5.70. The number of nitrogens with one attached hydrogen (secondary N) is 1. The number of benzene rings is 1. The van der Waals surface area contributed by atoms with Crippen LogP contribution in [0.2, 0.25) is 0 Å². The van der Waals surface area contributed by atoms with Gasteiger partial charge in [0.15, 0.2) is 0 Å². The minimum absolute atomic E-state index is 0.290. The van der Waals surface area contributed by atoms with E-state index in [2.05, 4.69) is 45.2 Å². The maximum atomic E-state index is 6.25. The number of rotatable bonds is 3. The highest BCUT2D eigenvalue weighted by molar-refractivity contribution is 5.85. The number of fused-ring (bicyclic) bond motifs is 1. The lowest BCUT2D eigenvalue weighted by atomic mass is 10.1. The third-order valence-electron chi connectivity index (χ3n) is 4.32. The van der Waals surface area contributed by atoms with Gasteiger partial charge in [-0.2, -0.15) is 0 Å². The van der Waals surface area contributed by atoms with E-state index in [1.54, 1.807) is 0 Å². The van der Waals surface area contributed by atoms with Crippen molar-refractivity contribution in [3.8, 4) is 5.75 Å². The van der Waals surface area contributed by atoms with Gasteiger partial charge in [-0.25, -0.2) is 0 Å². The van der Waals surface area contributed by atoms with E-state index in [0.717, 1.165) is 37.2 Å². The monoisotopic (exact) mass is 293 g/mol. The molecule has 1 aliphatic heterocycles. The van der Waals surface area contributed by atoms with E-state index >= 15 is 0 Å². The van der Waals surface area contributed by atoms with Crippen molar-refractivity contribution in [2.45, 2.75) is 18.9 Å². The predicted molar refractivity (Wildman–Crippen MR) is 88.4 cm³/mol. The number of nitrogens with zero attached hydrogens (tertiary/aromatic N) is 2. The zero-order chi connectivity index (χ0) is 14.8. The highest BCUT2D eigenvalue weighted by Gasteiger charge is 2.21. The average molecular weight is 293 g/mol. The normalized spacial score (nSPS) is 16.1. The van der Waals surface area contributed by atoms with Gasteiger partial charge in [-0.15, -0.1) is 0 Å². The quantitative estimate of drug-likeness (QED) is 0.802. The van der Waals surface area contributed by atoms with Gasteiger partial charge in [-0.3, -0.25) is 4.98 Å². The van der Waals surface area contributed by atoms with E-state index < -0.39 is 0 Å². The second-order valence-corrected chi connectivity index (χ2v) is 5.70. The van der Waals surface area contributed by atoms with Crippen molar-refractivity contribution in [2.24, 2.45) is 0 Å². The predicted octanol–water partition coefficient (Wildman–Crippen LogP) is 3.61. The van der Waals surface area contributed by atoms with E-state index in [1.165, 1.54) is 11.1 Å². The highest BCUT2D eigenvalue weighted by Crippen LogP contribution is 2.28. The molecule has 1 N–H and O–H groups in total. The summed E-state index contributed by atoms with van der Waals surface area (Å²) in [4.78, 5) is 9.71. The Kier molecular flexibility index (Phi) is 3.43. The number of piperidine rings is 1. The van der Waals surface area contributed by atoms with Crippen LogP contribution in [-0.4, -0.2) is 29.2 Å². The number of ether oxygens (including phenoxy) is 1. The molecule has 4 nitrogen and oxygen atoms in total. The SMILES string of the molecule is c1cc(OC2CCN(c3ccncc3)CC2)c2cc[nH]c2c1. The molecule has 3 aromatic rings. The summed E-state index contributed by atoms with van der Waals surface area (Å²) in [7, 11) is 0. The van der Waals surface area contributed by atoms with Crippen molar-refractivity contribution in [2.75, 3.05) is 18.0 Å². The van der Waals surface area contributed by atoms with Crippen LogP contribution in [0.3, 0.4) is 0 Å². The summed E-state index contributed by atoms with van der Waals surface area (Å²) in [5.74, 6) is 0.987. The van der Waals surface area contributed by atoms with Crippen LogP contribution in [0.4, 0.5) is 5.69 Å². The molecule has 2 aromatic heterocycles. The van der Waals surface area contributed by atoms with Crippen LogP contribution >= 0.6 is 0 Å². The van der Waals surface area contributed by atoms with Gasteiger partial charge in [0.2, 0.25) is 0 Å². The molecule has 0 radical (unpaired) electrons. The average Bonchev–Trinajstić information content (AvgIpc) is 3.06. The van der Waals surface area contributed by atoms with E-state index in [9.17, 15) is 0 Å². The summed E-state index contributed by atoms with van der Waals surface area (Å²) in [5.41, 5.74) is 2.38. The Labute approximate surface area is 129 Å². The Morgan fingerprint density at radius 2 is 1.86 bits per heavy atom. The van der Waals surface area contributed by atoms with Crippen LogP contribution in [0.5, 0.6) is 5.75 Å². The Morgan fingerprint density at radius 3 is 2.68 bits per heavy atom. The fourth-order valence-corrected chi connectivity index (χ4v) is 3.13. The van der Waals surface area contributed by atoms with Crippen LogP contribution in [0, 0.1) is 0 Å². The molecule has 0 spiro atoms. The van der Waals surface area contributed by atoms with Crippen molar-refractivity contribution in [3.05, 3.63) is 55.0 Å². The first kappa shape index (κ1) is 13.2. The molecule has 0 amide bonds. The minimum Gasteiger partial charge on any atom is -0.490 e. The van der Waals surface area contributed by atoms with Gasteiger partial charge < -0.3 is 14.6 Å². The zero-order valence-corrected chi connectivity index (χ0v) is 12.4. The van der Waals surface area contributed by atoms with E-state index in [1.807, 2.05) is 24.7 Å². The lowest BCUT2D eigenvalue weighted by Crippen LogP contribution is -2.38. The maximum absolute atomic E-state index is 6.25. The van der Waals surface area contributed by atoms with Gasteiger partial charge in [0.1, 0.15) is 11.9 Å². The first-order valence-electron chi connectivity index (χ1n) is 7.78. The van der Waals surface area contributed by atoms with Crippen molar-refractivity contribution < 1.29 is 4.74 Å². The standard InChI is InChI=1S/C18H19N3O/c1-2-17-16(6-11-20-17)18(3-1)22-15-7-12-21(13-8-15)14-4-9-19-10-5-14/h1-6,9-11,15,20H,7-8,12-13H2. The molecule has 0 bridgehead atoms. The Morgan fingerprint density at radius 1 is 1.05 bits per heavy atom. The number of H-pyrrole nitrogens is 1. The van der Waals surface area contributed by atoms with Crippen LogP contribution < -0.4 is 9.64 Å². The van der Waals surface area contributed by atoms with Gasteiger partial charge in [-0.05, 0) is 30.3 Å². The number of hydrogen-bond acceptors (Lipinski definition) is 3. The summed E-state index contributed by atoms with van der Waals surface area (Å²) in [6, 6.07) is 12.4. The number of pyridine rings is 1. The first-order valence-corrected chi connectivity index (χ1v) is 7.78. The Hall–Kier alpha value is -2.49. The summed E-state index contributed by atoms with van der Waals surface area (Å²) < 4.78 is 6.25. The number of anilines is 1. The Bertz CT molecular complexity index is 745. The summed E-state index contributed by atoms with van der Waals surface area (Å²) in [5, 5.41) is 1.17. The van der Waals surface area contributed by atoms with Gasteiger partial charge in [0.05, 0.1) is 0 Å². The fourth-order valence-electron chi connectivity index (χ4n) is 3.13. The van der Waals surface area contributed by atoms with Gasteiger partial charge >= 0.3 is 0 Å². The summed E-state index contributed by atoms with van der Waals surface area (Å²) in [6.07, 6.45) is 8.05. The summed E-state index contributed by atoms with van der Waals surface area (Å²) in [6.45, 7) is 2.05. The molecule has 4 heteroatoms. The molecule has 1 saturated heterocycles. The van der Waals surface area contributed by atoms with Crippen LogP contribution in [0.25, 0.3) is 10.9 Å². The van der Waals surface area contributed by atoms with Crippen LogP contribution in [0.15, 0.2) is 55.0 Å². The second kappa shape index (κ2) is 5.72. The van der Waals surface area contributed by atoms with Gasteiger partial charge in [0.25, 0.3) is 0 Å². The van der Waals surface area contributed by atoms with Crippen LogP contribution in [-0.2, 0) is 0 Å². The van der Waals surface area contributed by atoms with E-state index in [4.69, 9.17) is 4.74 Å². The topological polar surface area (TPSA) is 41.1 Å². The highest BCUT2D eigenvalue weighted by atomic mass is 16.5. The molecule has 4 rings (SSSR count). The number of hydrogen-bond donors (Lipinski definition) is 1. The lowest BCUT2D eigenvalue weighted by Gasteiger charge is -2.33. The number of aromatic nitrogens is 2. The van der Waals surface area contributed by atoms with Gasteiger partial charge in [0, 0.05) is 61.1 Å². The third kappa shape index (κ3) is 2.52. The molecule has 1 fully saturated rings. The minimum atomic E-state index is 0.290. The molecular weight excluding hydrogens is 274 g/mol. The molecule has 0 atom stereocenters. The molecule has 0 unspecified atom stereocenters. The molecule has 1 aromatic carbocycles. The zero-order valence-electron chi connectivity index (χ0n) is 12.4. The van der Waals surface area contributed by atoms with E-state index in [-0.39, 0.29) is 0 Å². The largest absolute Gasteiger partial charge is 0.490 e. The Balaban J connectivity index is 1.43. The third-order valence-corrected chi connectivity index (χ3v) is 4.32. The molecule has 0 saturated carbocycles. The molecule has 1 aliphatic rings. The molecule has 0 aliphatic carbocycles. The smallest absolute Gasteiger partial charge is 0.129 e. The first-order chi connectivity index (χ1) is 10.9. The number of aromatic amines is 1. The van der Waals surface area contributed by atoms with Crippen molar-refractivity contribution in [1.82, 2.24) is 9.97 Å².